The summed E-state index contributed by atoms with van der Waals surface area (Å²) in [5, 5.41) is 5.09. The van der Waals surface area contributed by atoms with Gasteiger partial charge in [-0.05, 0) is 41.6 Å². The maximum Gasteiger partial charge on any atom is 0.225 e. The number of aromatic amines is 1. The average molecular weight is 311 g/mol. The monoisotopic (exact) mass is 311 g/mol. The molecule has 2 N–H and O–H groups in total. The van der Waals surface area contributed by atoms with Crippen LogP contribution in [0.5, 0.6) is 0 Å². The molecule has 2 aromatic heterocycles. The average Bonchev–Trinajstić information content (AvgIpc) is 3.01. The van der Waals surface area contributed by atoms with E-state index in [1.165, 1.54) is 5.56 Å². The van der Waals surface area contributed by atoms with E-state index in [2.05, 4.69) is 53.6 Å². The highest BCUT2D eigenvalue weighted by atomic mass is 32.1. The number of anilines is 1. The van der Waals surface area contributed by atoms with Crippen LogP contribution >= 0.6 is 11.3 Å². The minimum atomic E-state index is -0.156. The third-order valence-corrected chi connectivity index (χ3v) is 5.25. The number of aryl methyl sites for hydroxylation is 1. The fourth-order valence-electron chi connectivity index (χ4n) is 3.08. The van der Waals surface area contributed by atoms with Crippen molar-refractivity contribution < 1.29 is 4.79 Å². The van der Waals surface area contributed by atoms with Crippen LogP contribution in [0, 0.1) is 6.92 Å². The summed E-state index contributed by atoms with van der Waals surface area (Å²) in [5.74, 6) is 0.959. The molecule has 112 valence electrons. The number of amides is 1. The van der Waals surface area contributed by atoms with Gasteiger partial charge in [0.25, 0.3) is 0 Å². The van der Waals surface area contributed by atoms with Crippen LogP contribution in [-0.2, 0) is 10.2 Å². The number of rotatable bonds is 1. The van der Waals surface area contributed by atoms with Crippen LogP contribution in [0.15, 0.2) is 23.6 Å². The van der Waals surface area contributed by atoms with Crippen molar-refractivity contribution in [2.75, 3.05) is 5.32 Å². The maximum absolute atomic E-state index is 11.9. The topological polar surface area (TPSA) is 57.8 Å². The number of hydrogen-bond donors (Lipinski definition) is 2. The standard InChI is InChI=1S/C17H17N3OS/c1-9-4-14(22-8-9)16-19-12-5-10-11(6-13(12)20-16)18-15(21)7-17(10,2)3/h4-6,8H,7H2,1-3H3,(H,18,21)(H,19,20). The molecular formula is C17H17N3OS. The number of carbonyl (C=O) groups excluding carboxylic acids is 1. The SMILES string of the molecule is Cc1csc(-c2nc3cc4c(cc3[nH]2)C(C)(C)CC(=O)N4)c1. The molecule has 0 atom stereocenters. The third-order valence-electron chi connectivity index (χ3n) is 4.19. The Morgan fingerprint density at radius 3 is 2.82 bits per heavy atom. The molecule has 0 saturated heterocycles. The van der Waals surface area contributed by atoms with Gasteiger partial charge in [-0.15, -0.1) is 11.3 Å². The molecule has 0 fully saturated rings. The molecule has 0 aliphatic carbocycles. The Kier molecular flexibility index (Phi) is 2.72. The molecule has 1 aliphatic heterocycles. The van der Waals surface area contributed by atoms with E-state index in [4.69, 9.17) is 0 Å². The van der Waals surface area contributed by atoms with Crippen LogP contribution in [0.25, 0.3) is 21.7 Å². The van der Waals surface area contributed by atoms with Crippen molar-refractivity contribution in [3.63, 3.8) is 0 Å². The van der Waals surface area contributed by atoms with Gasteiger partial charge in [-0.2, -0.15) is 0 Å². The summed E-state index contributed by atoms with van der Waals surface area (Å²) in [6.07, 6.45) is 0.511. The first kappa shape index (κ1) is 13.5. The zero-order valence-corrected chi connectivity index (χ0v) is 13.6. The number of fused-ring (bicyclic) bond motifs is 2. The number of nitrogens with zero attached hydrogens (tertiary/aromatic N) is 1. The summed E-state index contributed by atoms with van der Waals surface area (Å²) in [6.45, 7) is 6.30. The predicted octanol–water partition coefficient (Wildman–Crippen LogP) is 4.22. The van der Waals surface area contributed by atoms with Gasteiger partial charge in [0, 0.05) is 17.5 Å². The molecule has 3 heterocycles. The second kappa shape index (κ2) is 4.43. The molecule has 0 unspecified atom stereocenters. The van der Waals surface area contributed by atoms with Gasteiger partial charge in [0.1, 0.15) is 5.82 Å². The molecule has 0 bridgehead atoms. The number of aromatic nitrogens is 2. The van der Waals surface area contributed by atoms with E-state index in [0.29, 0.717) is 6.42 Å². The van der Waals surface area contributed by atoms with E-state index < -0.39 is 0 Å². The van der Waals surface area contributed by atoms with E-state index in [-0.39, 0.29) is 11.3 Å². The van der Waals surface area contributed by atoms with Crippen LogP contribution in [0.4, 0.5) is 5.69 Å². The number of H-pyrrole nitrogens is 1. The Bertz CT molecular complexity index is 904. The number of nitrogens with one attached hydrogen (secondary N) is 2. The van der Waals surface area contributed by atoms with Crippen LogP contribution in [0.1, 0.15) is 31.4 Å². The Morgan fingerprint density at radius 1 is 1.27 bits per heavy atom. The van der Waals surface area contributed by atoms with Gasteiger partial charge < -0.3 is 10.3 Å². The lowest BCUT2D eigenvalue weighted by Gasteiger charge is -2.31. The highest BCUT2D eigenvalue weighted by Crippen LogP contribution is 2.39. The van der Waals surface area contributed by atoms with Crippen molar-refractivity contribution in [3.05, 3.63) is 34.7 Å². The van der Waals surface area contributed by atoms with Gasteiger partial charge >= 0.3 is 0 Å². The Morgan fingerprint density at radius 2 is 2.09 bits per heavy atom. The molecule has 0 radical (unpaired) electrons. The van der Waals surface area contributed by atoms with Gasteiger partial charge in [-0.1, -0.05) is 13.8 Å². The van der Waals surface area contributed by atoms with Crippen molar-refractivity contribution in [2.45, 2.75) is 32.6 Å². The quantitative estimate of drug-likeness (QED) is 0.707. The summed E-state index contributed by atoms with van der Waals surface area (Å²) < 4.78 is 0. The number of benzene rings is 1. The second-order valence-electron chi connectivity index (χ2n) is 6.60. The highest BCUT2D eigenvalue weighted by Gasteiger charge is 2.32. The van der Waals surface area contributed by atoms with E-state index in [1.54, 1.807) is 11.3 Å². The predicted molar refractivity (Wildman–Crippen MR) is 90.4 cm³/mol. The van der Waals surface area contributed by atoms with Gasteiger partial charge in [0.2, 0.25) is 5.91 Å². The molecular weight excluding hydrogens is 294 g/mol. The summed E-state index contributed by atoms with van der Waals surface area (Å²) in [7, 11) is 0. The molecule has 0 spiro atoms. The highest BCUT2D eigenvalue weighted by molar-refractivity contribution is 7.13. The minimum absolute atomic E-state index is 0.0708. The van der Waals surface area contributed by atoms with Crippen LogP contribution in [0.3, 0.4) is 0 Å². The third kappa shape index (κ3) is 2.04. The van der Waals surface area contributed by atoms with Gasteiger partial charge in [0.05, 0.1) is 15.9 Å². The maximum atomic E-state index is 11.9. The lowest BCUT2D eigenvalue weighted by atomic mass is 9.78. The minimum Gasteiger partial charge on any atom is -0.337 e. The number of thiophene rings is 1. The molecule has 1 amide bonds. The molecule has 1 aliphatic rings. The molecule has 22 heavy (non-hydrogen) atoms. The zero-order chi connectivity index (χ0) is 15.5. The number of carbonyl (C=O) groups is 1. The summed E-state index contributed by atoms with van der Waals surface area (Å²) >= 11 is 1.69. The van der Waals surface area contributed by atoms with Crippen molar-refractivity contribution in [3.8, 4) is 10.7 Å². The van der Waals surface area contributed by atoms with E-state index in [1.807, 2.05) is 6.07 Å². The smallest absolute Gasteiger partial charge is 0.225 e. The normalized spacial score (nSPS) is 16.6. The zero-order valence-electron chi connectivity index (χ0n) is 12.8. The Hall–Kier alpha value is -2.14. The van der Waals surface area contributed by atoms with Gasteiger partial charge in [-0.3, -0.25) is 4.79 Å². The van der Waals surface area contributed by atoms with Gasteiger partial charge in [0.15, 0.2) is 0 Å². The molecule has 4 rings (SSSR count). The molecule has 4 nitrogen and oxygen atoms in total. The van der Waals surface area contributed by atoms with Gasteiger partial charge in [-0.25, -0.2) is 4.98 Å². The molecule has 3 aromatic rings. The van der Waals surface area contributed by atoms with E-state index >= 15 is 0 Å². The Balaban J connectivity index is 1.89. The fourth-order valence-corrected chi connectivity index (χ4v) is 3.93. The first-order chi connectivity index (χ1) is 10.4. The molecule has 1 aromatic carbocycles. The fraction of sp³-hybridized carbons (Fsp3) is 0.294. The summed E-state index contributed by atoms with van der Waals surface area (Å²) in [6, 6.07) is 6.24. The molecule has 0 saturated carbocycles. The first-order valence-electron chi connectivity index (χ1n) is 7.32. The van der Waals surface area contributed by atoms with Crippen molar-refractivity contribution >= 4 is 34.0 Å². The van der Waals surface area contributed by atoms with Crippen molar-refractivity contribution in [2.24, 2.45) is 0 Å². The first-order valence-corrected chi connectivity index (χ1v) is 8.20. The summed E-state index contributed by atoms with van der Waals surface area (Å²) in [5.41, 5.74) is 5.04. The number of imidazole rings is 1. The van der Waals surface area contributed by atoms with E-state index in [9.17, 15) is 4.79 Å². The second-order valence-corrected chi connectivity index (χ2v) is 7.51. The van der Waals surface area contributed by atoms with Crippen LogP contribution in [0.2, 0.25) is 0 Å². The van der Waals surface area contributed by atoms with Crippen LogP contribution in [-0.4, -0.2) is 15.9 Å². The summed E-state index contributed by atoms with van der Waals surface area (Å²) in [4.78, 5) is 21.1. The van der Waals surface area contributed by atoms with Crippen molar-refractivity contribution in [1.29, 1.82) is 0 Å². The van der Waals surface area contributed by atoms with Crippen LogP contribution < -0.4 is 5.32 Å². The van der Waals surface area contributed by atoms with Crippen molar-refractivity contribution in [1.82, 2.24) is 9.97 Å². The van der Waals surface area contributed by atoms with E-state index in [0.717, 1.165) is 33.0 Å². The number of hydrogen-bond acceptors (Lipinski definition) is 3. The lowest BCUT2D eigenvalue weighted by molar-refractivity contribution is -0.117. The largest absolute Gasteiger partial charge is 0.337 e. The lowest BCUT2D eigenvalue weighted by Crippen LogP contribution is -2.32. The Labute approximate surface area is 132 Å². The molecule has 5 heteroatoms.